The maximum atomic E-state index is 3.71. The van der Waals surface area contributed by atoms with Crippen molar-refractivity contribution in [1.29, 1.82) is 0 Å². The van der Waals surface area contributed by atoms with E-state index in [9.17, 15) is 0 Å². The molecule has 0 bridgehead atoms. The number of likely N-dealkylation sites (N-methyl/N-ethyl adjacent to an activating group) is 1. The molecule has 1 N–H and O–H groups in total. The molecular weight excluding hydrogens is 256 g/mol. The van der Waals surface area contributed by atoms with Gasteiger partial charge in [0.1, 0.15) is 0 Å². The van der Waals surface area contributed by atoms with E-state index in [1.54, 1.807) is 0 Å². The summed E-state index contributed by atoms with van der Waals surface area (Å²) in [5.41, 5.74) is 1.67. The molecule has 2 rings (SSSR count). The molecule has 0 radical (unpaired) electrons. The summed E-state index contributed by atoms with van der Waals surface area (Å²) in [6, 6.07) is 12.3. The van der Waals surface area contributed by atoms with Gasteiger partial charge in [-0.1, -0.05) is 51.1 Å². The lowest BCUT2D eigenvalue weighted by molar-refractivity contribution is 0.268. The zero-order chi connectivity index (χ0) is 15.3. The molecule has 0 saturated heterocycles. The van der Waals surface area contributed by atoms with E-state index < -0.39 is 0 Å². The number of hydrogen-bond donors (Lipinski definition) is 1. The molecular formula is C19H32N2. The van der Waals surface area contributed by atoms with Gasteiger partial charge in [-0.3, -0.25) is 4.90 Å². The lowest BCUT2D eigenvalue weighted by atomic mass is 9.79. The largest absolute Gasteiger partial charge is 0.313 e. The van der Waals surface area contributed by atoms with E-state index in [1.807, 2.05) is 0 Å². The fourth-order valence-corrected chi connectivity index (χ4v) is 3.34. The van der Waals surface area contributed by atoms with Crippen molar-refractivity contribution in [2.75, 3.05) is 19.6 Å². The minimum Gasteiger partial charge on any atom is -0.313 e. The van der Waals surface area contributed by atoms with Gasteiger partial charge in [0.25, 0.3) is 0 Å². The first kappa shape index (κ1) is 16.5. The highest BCUT2D eigenvalue weighted by molar-refractivity contribution is 5.23. The van der Waals surface area contributed by atoms with Crippen LogP contribution in [0.3, 0.4) is 0 Å². The third-order valence-electron chi connectivity index (χ3n) is 4.73. The Balaban J connectivity index is 1.74. The highest BCUT2D eigenvalue weighted by atomic mass is 15.2. The first-order chi connectivity index (χ1) is 10.0. The summed E-state index contributed by atoms with van der Waals surface area (Å²) in [4.78, 5) is 2.61. The Morgan fingerprint density at radius 3 is 2.48 bits per heavy atom. The van der Waals surface area contributed by atoms with Gasteiger partial charge in [-0.15, -0.1) is 0 Å². The number of nitrogens with zero attached hydrogens (tertiary/aromatic N) is 1. The molecule has 0 aliphatic heterocycles. The topological polar surface area (TPSA) is 15.3 Å². The van der Waals surface area contributed by atoms with Crippen molar-refractivity contribution in [3.63, 3.8) is 0 Å². The second-order valence-electron chi connectivity index (χ2n) is 7.17. The third kappa shape index (κ3) is 5.12. The number of rotatable bonds is 9. The van der Waals surface area contributed by atoms with E-state index in [4.69, 9.17) is 0 Å². The summed E-state index contributed by atoms with van der Waals surface area (Å²) in [6.45, 7) is 12.8. The molecule has 1 unspecified atom stereocenters. The molecule has 2 heteroatoms. The first-order valence-electron chi connectivity index (χ1n) is 8.56. The van der Waals surface area contributed by atoms with E-state index in [0.29, 0.717) is 6.04 Å². The van der Waals surface area contributed by atoms with Crippen LogP contribution in [0.2, 0.25) is 0 Å². The Labute approximate surface area is 130 Å². The molecule has 1 saturated carbocycles. The van der Waals surface area contributed by atoms with E-state index in [0.717, 1.165) is 12.6 Å². The van der Waals surface area contributed by atoms with Crippen LogP contribution in [0.25, 0.3) is 0 Å². The van der Waals surface area contributed by atoms with Crippen molar-refractivity contribution in [3.8, 4) is 0 Å². The molecule has 0 heterocycles. The standard InChI is InChI=1S/C19H32N2/c1-5-21(18-11-12-18)14-13-20-16(2)15-19(3,4)17-9-7-6-8-10-17/h6-10,16,18,20H,5,11-15H2,1-4H3. The van der Waals surface area contributed by atoms with Gasteiger partial charge in [0.15, 0.2) is 0 Å². The van der Waals surface area contributed by atoms with Crippen LogP contribution in [0.15, 0.2) is 30.3 Å². The predicted octanol–water partition coefficient (Wildman–Crippen LogP) is 3.82. The molecule has 1 aliphatic carbocycles. The molecule has 0 aromatic heterocycles. The van der Waals surface area contributed by atoms with E-state index >= 15 is 0 Å². The highest BCUT2D eigenvalue weighted by Crippen LogP contribution is 2.28. The van der Waals surface area contributed by atoms with E-state index in [-0.39, 0.29) is 5.41 Å². The highest BCUT2D eigenvalue weighted by Gasteiger charge is 2.27. The van der Waals surface area contributed by atoms with Crippen molar-refractivity contribution < 1.29 is 0 Å². The predicted molar refractivity (Wildman–Crippen MR) is 91.8 cm³/mol. The molecule has 1 aromatic rings. The molecule has 1 aliphatic rings. The van der Waals surface area contributed by atoms with Gasteiger partial charge in [0, 0.05) is 25.2 Å². The summed E-state index contributed by atoms with van der Waals surface area (Å²) in [7, 11) is 0. The van der Waals surface area contributed by atoms with Crippen LogP contribution in [0.4, 0.5) is 0 Å². The quantitative estimate of drug-likeness (QED) is 0.743. The van der Waals surface area contributed by atoms with Crippen LogP contribution in [-0.2, 0) is 5.41 Å². The van der Waals surface area contributed by atoms with Gasteiger partial charge in [0.2, 0.25) is 0 Å². The number of hydrogen-bond acceptors (Lipinski definition) is 2. The fourth-order valence-electron chi connectivity index (χ4n) is 3.34. The third-order valence-corrected chi connectivity index (χ3v) is 4.73. The fraction of sp³-hybridized carbons (Fsp3) is 0.684. The van der Waals surface area contributed by atoms with Crippen LogP contribution in [0.5, 0.6) is 0 Å². The summed E-state index contributed by atoms with van der Waals surface area (Å²) in [6.07, 6.45) is 3.99. The summed E-state index contributed by atoms with van der Waals surface area (Å²) in [5.74, 6) is 0. The lowest BCUT2D eigenvalue weighted by Crippen LogP contribution is -2.39. The van der Waals surface area contributed by atoms with Gasteiger partial charge in [-0.25, -0.2) is 0 Å². The molecule has 2 nitrogen and oxygen atoms in total. The molecule has 0 spiro atoms. The first-order valence-corrected chi connectivity index (χ1v) is 8.56. The minimum atomic E-state index is 0.231. The van der Waals surface area contributed by atoms with E-state index in [2.05, 4.69) is 68.2 Å². The second kappa shape index (κ2) is 7.42. The van der Waals surface area contributed by atoms with Gasteiger partial charge in [-0.2, -0.15) is 0 Å². The van der Waals surface area contributed by atoms with Gasteiger partial charge < -0.3 is 5.32 Å². The van der Waals surface area contributed by atoms with Gasteiger partial charge >= 0.3 is 0 Å². The Hall–Kier alpha value is -0.860. The van der Waals surface area contributed by atoms with Crippen LogP contribution in [0, 0.1) is 0 Å². The van der Waals surface area contributed by atoms with E-state index in [1.165, 1.54) is 37.9 Å². The van der Waals surface area contributed by atoms with Crippen molar-refractivity contribution in [2.24, 2.45) is 0 Å². The normalized spacial score (nSPS) is 17.2. The smallest absolute Gasteiger partial charge is 0.0110 e. The van der Waals surface area contributed by atoms with Crippen molar-refractivity contribution in [2.45, 2.75) is 64.5 Å². The molecule has 1 fully saturated rings. The number of benzene rings is 1. The monoisotopic (exact) mass is 288 g/mol. The van der Waals surface area contributed by atoms with Crippen LogP contribution in [0.1, 0.15) is 52.5 Å². The maximum Gasteiger partial charge on any atom is 0.0110 e. The van der Waals surface area contributed by atoms with Gasteiger partial charge in [-0.05, 0) is 43.7 Å². The average Bonchev–Trinajstić information content (AvgIpc) is 3.29. The lowest BCUT2D eigenvalue weighted by Gasteiger charge is -2.30. The molecule has 1 atom stereocenters. The second-order valence-corrected chi connectivity index (χ2v) is 7.17. The van der Waals surface area contributed by atoms with Gasteiger partial charge in [0.05, 0.1) is 0 Å². The Bertz CT molecular complexity index is 409. The average molecular weight is 288 g/mol. The van der Waals surface area contributed by atoms with Crippen molar-refractivity contribution >= 4 is 0 Å². The maximum absolute atomic E-state index is 3.71. The Kier molecular flexibility index (Phi) is 5.83. The SMILES string of the molecule is CCN(CCNC(C)CC(C)(C)c1ccccc1)C1CC1. The Morgan fingerprint density at radius 1 is 1.24 bits per heavy atom. The minimum absolute atomic E-state index is 0.231. The molecule has 0 amide bonds. The Morgan fingerprint density at radius 2 is 1.90 bits per heavy atom. The molecule has 118 valence electrons. The summed E-state index contributed by atoms with van der Waals surface area (Å²) >= 11 is 0. The summed E-state index contributed by atoms with van der Waals surface area (Å²) in [5, 5.41) is 3.71. The van der Waals surface area contributed by atoms with Crippen LogP contribution >= 0.6 is 0 Å². The number of nitrogens with one attached hydrogen (secondary N) is 1. The van der Waals surface area contributed by atoms with Crippen LogP contribution in [-0.4, -0.2) is 36.6 Å². The van der Waals surface area contributed by atoms with Crippen molar-refractivity contribution in [3.05, 3.63) is 35.9 Å². The van der Waals surface area contributed by atoms with Crippen LogP contribution < -0.4 is 5.32 Å². The zero-order valence-electron chi connectivity index (χ0n) is 14.2. The summed E-state index contributed by atoms with van der Waals surface area (Å²) < 4.78 is 0. The molecule has 1 aromatic carbocycles. The van der Waals surface area contributed by atoms with Crippen molar-refractivity contribution in [1.82, 2.24) is 10.2 Å². The zero-order valence-corrected chi connectivity index (χ0v) is 14.2. The molecule has 21 heavy (non-hydrogen) atoms.